The van der Waals surface area contributed by atoms with Crippen LogP contribution in [0.5, 0.6) is 0 Å². The van der Waals surface area contributed by atoms with Gasteiger partial charge in [0.2, 0.25) is 0 Å². The third-order valence-corrected chi connectivity index (χ3v) is 4.51. The Labute approximate surface area is 63.0 Å². The summed E-state index contributed by atoms with van der Waals surface area (Å²) >= 11 is 0. The van der Waals surface area contributed by atoms with E-state index in [4.69, 9.17) is 0 Å². The van der Waals surface area contributed by atoms with Gasteiger partial charge in [0, 0.05) is 0 Å². The smallest absolute Gasteiger partial charge is 0.0292 e. The first-order chi connectivity index (χ1) is 4.81. The molecule has 2 atom stereocenters. The first kappa shape index (κ1) is 5.62. The monoisotopic (exact) mass is 136 g/mol. The molecule has 0 aromatic rings. The van der Waals surface area contributed by atoms with E-state index in [1.54, 1.807) is 25.7 Å². The van der Waals surface area contributed by atoms with E-state index >= 15 is 0 Å². The van der Waals surface area contributed by atoms with E-state index < -0.39 is 0 Å². The van der Waals surface area contributed by atoms with E-state index in [-0.39, 0.29) is 0 Å². The summed E-state index contributed by atoms with van der Waals surface area (Å²) in [6.07, 6.45) is 7.91. The van der Waals surface area contributed by atoms with Crippen molar-refractivity contribution < 1.29 is 0 Å². The van der Waals surface area contributed by atoms with Gasteiger partial charge in [-0.25, -0.2) is 0 Å². The molecule has 0 bridgehead atoms. The van der Waals surface area contributed by atoms with Crippen molar-refractivity contribution in [2.75, 3.05) is 0 Å². The highest BCUT2D eigenvalue weighted by molar-refractivity contribution is 5.09. The van der Waals surface area contributed by atoms with Crippen LogP contribution in [0.3, 0.4) is 0 Å². The molecular formula is C10H16. The molecule has 3 aliphatic carbocycles. The molecule has 3 rings (SSSR count). The largest absolute Gasteiger partial charge is 0.0620 e. The molecule has 0 aromatic heterocycles. The van der Waals surface area contributed by atoms with E-state index in [2.05, 4.69) is 6.92 Å². The molecule has 0 nitrogen and oxygen atoms in total. The van der Waals surface area contributed by atoms with E-state index in [9.17, 15) is 0 Å². The van der Waals surface area contributed by atoms with Crippen molar-refractivity contribution in [3.63, 3.8) is 0 Å². The third-order valence-electron chi connectivity index (χ3n) is 4.51. The predicted octanol–water partition coefficient (Wildman–Crippen LogP) is 2.83. The molecular weight excluding hydrogens is 120 g/mol. The van der Waals surface area contributed by atoms with Crippen LogP contribution in [0.2, 0.25) is 0 Å². The molecule has 0 N–H and O–H groups in total. The lowest BCUT2D eigenvalue weighted by atomic mass is 9.65. The zero-order valence-electron chi connectivity index (χ0n) is 6.77. The quantitative estimate of drug-likeness (QED) is 0.480. The summed E-state index contributed by atoms with van der Waals surface area (Å²) in [5.74, 6) is 3.48. The van der Waals surface area contributed by atoms with Gasteiger partial charge in [-0.2, -0.15) is 0 Å². The van der Waals surface area contributed by atoms with Crippen molar-refractivity contribution in [3.05, 3.63) is 0 Å². The summed E-state index contributed by atoms with van der Waals surface area (Å²) in [4.78, 5) is 0. The Bertz CT molecular complexity index is 153. The number of rotatable bonds is 0. The van der Waals surface area contributed by atoms with Crippen molar-refractivity contribution in [2.45, 2.75) is 39.0 Å². The van der Waals surface area contributed by atoms with E-state index in [1.807, 2.05) is 0 Å². The fraction of sp³-hybridized carbons (Fsp3) is 1.00. The topological polar surface area (TPSA) is 0 Å². The molecule has 10 heavy (non-hydrogen) atoms. The van der Waals surface area contributed by atoms with E-state index in [0.29, 0.717) is 0 Å². The normalized spacial score (nSPS) is 54.3. The molecule has 3 fully saturated rings. The molecule has 0 aromatic carbocycles. The standard InChI is InChI=1S/C10H16/c1-7-8-5-10(3-2-4-10)6-9(7)8/h7-9H,2-6H2,1H3. The summed E-state index contributed by atoms with van der Waals surface area (Å²) in [6.45, 7) is 2.45. The summed E-state index contributed by atoms with van der Waals surface area (Å²) in [5.41, 5.74) is 0.918. The Kier molecular flexibility index (Phi) is 0.810. The minimum absolute atomic E-state index is 0.918. The van der Waals surface area contributed by atoms with Crippen molar-refractivity contribution in [1.29, 1.82) is 0 Å². The molecule has 0 heterocycles. The Morgan fingerprint density at radius 1 is 1.10 bits per heavy atom. The van der Waals surface area contributed by atoms with Gasteiger partial charge in [-0.15, -0.1) is 0 Å². The Morgan fingerprint density at radius 2 is 1.70 bits per heavy atom. The molecule has 0 aliphatic heterocycles. The van der Waals surface area contributed by atoms with Gasteiger partial charge in [-0.3, -0.25) is 0 Å². The summed E-state index contributed by atoms with van der Waals surface area (Å²) in [6, 6.07) is 0. The van der Waals surface area contributed by atoms with Crippen molar-refractivity contribution in [2.24, 2.45) is 23.2 Å². The molecule has 3 aliphatic rings. The molecule has 56 valence electrons. The van der Waals surface area contributed by atoms with Crippen LogP contribution in [0.4, 0.5) is 0 Å². The molecule has 0 heteroatoms. The highest BCUT2D eigenvalue weighted by atomic mass is 14.6. The van der Waals surface area contributed by atoms with Gasteiger partial charge in [0.05, 0.1) is 0 Å². The Morgan fingerprint density at radius 3 is 2.10 bits per heavy atom. The number of hydrogen-bond donors (Lipinski definition) is 0. The van der Waals surface area contributed by atoms with Gasteiger partial charge in [-0.05, 0) is 48.9 Å². The van der Waals surface area contributed by atoms with Gasteiger partial charge >= 0.3 is 0 Å². The minimum Gasteiger partial charge on any atom is -0.0620 e. The summed E-state index contributed by atoms with van der Waals surface area (Å²) in [5, 5.41) is 0. The van der Waals surface area contributed by atoms with Crippen LogP contribution < -0.4 is 0 Å². The van der Waals surface area contributed by atoms with Crippen molar-refractivity contribution >= 4 is 0 Å². The maximum atomic E-state index is 2.45. The zero-order valence-corrected chi connectivity index (χ0v) is 6.77. The highest BCUT2D eigenvalue weighted by Crippen LogP contribution is 2.69. The van der Waals surface area contributed by atoms with Gasteiger partial charge in [0.25, 0.3) is 0 Å². The summed E-state index contributed by atoms with van der Waals surface area (Å²) < 4.78 is 0. The van der Waals surface area contributed by atoms with Crippen LogP contribution in [-0.2, 0) is 0 Å². The average molecular weight is 136 g/mol. The average Bonchev–Trinajstić information content (AvgIpc) is 2.35. The van der Waals surface area contributed by atoms with E-state index in [1.165, 1.54) is 18.3 Å². The number of hydrogen-bond acceptors (Lipinski definition) is 0. The second kappa shape index (κ2) is 1.44. The predicted molar refractivity (Wildman–Crippen MR) is 41.7 cm³/mol. The van der Waals surface area contributed by atoms with Gasteiger partial charge < -0.3 is 0 Å². The minimum atomic E-state index is 0.918. The van der Waals surface area contributed by atoms with Crippen molar-refractivity contribution in [1.82, 2.24) is 0 Å². The lowest BCUT2D eigenvalue weighted by molar-refractivity contribution is 0.117. The first-order valence-corrected chi connectivity index (χ1v) is 4.81. The SMILES string of the molecule is CC1C2CC3(CCC3)CC12. The highest BCUT2D eigenvalue weighted by Gasteiger charge is 2.60. The Hall–Kier alpha value is 0. The lowest BCUT2D eigenvalue weighted by Crippen LogP contribution is -2.27. The zero-order chi connectivity index (χ0) is 6.77. The van der Waals surface area contributed by atoms with Gasteiger partial charge in [0.15, 0.2) is 0 Å². The summed E-state index contributed by atoms with van der Waals surface area (Å²) in [7, 11) is 0. The second-order valence-electron chi connectivity index (χ2n) is 4.95. The van der Waals surface area contributed by atoms with Crippen LogP contribution in [0.25, 0.3) is 0 Å². The molecule has 2 unspecified atom stereocenters. The first-order valence-electron chi connectivity index (χ1n) is 4.81. The molecule has 0 amide bonds. The molecule has 1 spiro atoms. The van der Waals surface area contributed by atoms with Crippen LogP contribution >= 0.6 is 0 Å². The van der Waals surface area contributed by atoms with Gasteiger partial charge in [0.1, 0.15) is 0 Å². The van der Waals surface area contributed by atoms with Gasteiger partial charge in [-0.1, -0.05) is 13.3 Å². The fourth-order valence-corrected chi connectivity index (χ4v) is 3.48. The fourth-order valence-electron chi connectivity index (χ4n) is 3.48. The van der Waals surface area contributed by atoms with E-state index in [0.717, 1.165) is 11.3 Å². The molecule has 0 radical (unpaired) electrons. The van der Waals surface area contributed by atoms with Crippen LogP contribution in [0, 0.1) is 23.2 Å². The van der Waals surface area contributed by atoms with Crippen LogP contribution in [-0.4, -0.2) is 0 Å². The molecule has 3 saturated carbocycles. The van der Waals surface area contributed by atoms with Crippen molar-refractivity contribution in [3.8, 4) is 0 Å². The lowest BCUT2D eigenvalue weighted by Gasteiger charge is -2.40. The maximum Gasteiger partial charge on any atom is -0.0292 e. The van der Waals surface area contributed by atoms with Crippen LogP contribution in [0.15, 0.2) is 0 Å². The number of fused-ring (bicyclic) bond motifs is 1. The molecule has 0 saturated heterocycles. The Balaban J connectivity index is 1.76. The maximum absolute atomic E-state index is 2.45. The third kappa shape index (κ3) is 0.500. The second-order valence-corrected chi connectivity index (χ2v) is 4.95. The van der Waals surface area contributed by atoms with Crippen LogP contribution in [0.1, 0.15) is 39.0 Å².